The predicted octanol–water partition coefficient (Wildman–Crippen LogP) is 2.06. The van der Waals surface area contributed by atoms with Gasteiger partial charge in [0.1, 0.15) is 0 Å². The number of hydrogen-bond acceptors (Lipinski definition) is 5. The van der Waals surface area contributed by atoms with Crippen molar-refractivity contribution in [1.82, 2.24) is 15.0 Å². The Kier molecular flexibility index (Phi) is 3.97. The number of benzene rings is 1. The Morgan fingerprint density at radius 1 is 1.48 bits per heavy atom. The molecule has 8 nitrogen and oxygen atoms in total. The summed E-state index contributed by atoms with van der Waals surface area (Å²) in [5, 5.41) is 27.4. The highest BCUT2D eigenvalue weighted by Crippen LogP contribution is 2.20. The van der Waals surface area contributed by atoms with Gasteiger partial charge in [-0.05, 0) is 11.5 Å². The summed E-state index contributed by atoms with van der Waals surface area (Å²) in [4.78, 5) is 21.4. The van der Waals surface area contributed by atoms with E-state index >= 15 is 0 Å². The molecule has 2 rings (SSSR count). The van der Waals surface area contributed by atoms with Crippen LogP contribution in [0, 0.1) is 10.1 Å². The molecule has 0 bridgehead atoms. The number of aromatic carboxylic acids is 1. The normalized spacial score (nSPS) is 10.8. The van der Waals surface area contributed by atoms with Crippen molar-refractivity contribution in [3.8, 4) is 0 Å². The molecule has 0 atom stereocenters. The Morgan fingerprint density at radius 2 is 2.19 bits per heavy atom. The van der Waals surface area contributed by atoms with Crippen LogP contribution >= 0.6 is 0 Å². The monoisotopic (exact) mass is 290 g/mol. The highest BCUT2D eigenvalue weighted by atomic mass is 16.6. The lowest BCUT2D eigenvalue weighted by Gasteiger charge is -2.09. The van der Waals surface area contributed by atoms with E-state index in [-0.39, 0.29) is 23.8 Å². The second-order valence-corrected chi connectivity index (χ2v) is 4.87. The van der Waals surface area contributed by atoms with Gasteiger partial charge >= 0.3 is 5.97 Å². The summed E-state index contributed by atoms with van der Waals surface area (Å²) >= 11 is 0. The van der Waals surface area contributed by atoms with Crippen LogP contribution < -0.4 is 0 Å². The average Bonchev–Trinajstić information content (AvgIpc) is 2.83. The fraction of sp³-hybridized carbons (Fsp3) is 0.308. The van der Waals surface area contributed by atoms with Crippen LogP contribution in [-0.4, -0.2) is 31.0 Å². The number of non-ortho nitro benzene ring substituents is 1. The van der Waals surface area contributed by atoms with E-state index in [2.05, 4.69) is 10.3 Å². The molecule has 21 heavy (non-hydrogen) atoms. The average molecular weight is 290 g/mol. The van der Waals surface area contributed by atoms with E-state index in [1.807, 2.05) is 13.8 Å². The first-order valence-corrected chi connectivity index (χ1v) is 6.30. The summed E-state index contributed by atoms with van der Waals surface area (Å²) < 4.78 is 1.47. The van der Waals surface area contributed by atoms with E-state index in [0.29, 0.717) is 11.3 Å². The maximum Gasteiger partial charge on any atom is 0.358 e. The second kappa shape index (κ2) is 5.70. The maximum absolute atomic E-state index is 11.1. The van der Waals surface area contributed by atoms with Gasteiger partial charge in [-0.3, -0.25) is 10.1 Å². The zero-order valence-corrected chi connectivity index (χ0v) is 11.6. The number of carboxylic acids is 1. The quantitative estimate of drug-likeness (QED) is 0.666. The molecule has 0 radical (unpaired) electrons. The van der Waals surface area contributed by atoms with E-state index < -0.39 is 10.9 Å². The smallest absolute Gasteiger partial charge is 0.358 e. The third-order valence-corrected chi connectivity index (χ3v) is 2.98. The molecule has 0 spiro atoms. The summed E-state index contributed by atoms with van der Waals surface area (Å²) in [6.45, 7) is 3.92. The Bertz CT molecular complexity index is 693. The van der Waals surface area contributed by atoms with Gasteiger partial charge in [0.2, 0.25) is 0 Å². The van der Waals surface area contributed by atoms with Gasteiger partial charge in [-0.15, -0.1) is 5.10 Å². The maximum atomic E-state index is 11.1. The SMILES string of the molecule is CC(C)c1c(C(=O)O)nnn1Cc1cccc([N+](=O)[O-])c1. The molecular weight excluding hydrogens is 276 g/mol. The molecule has 0 aliphatic carbocycles. The molecule has 0 fully saturated rings. The van der Waals surface area contributed by atoms with Crippen molar-refractivity contribution in [3.63, 3.8) is 0 Å². The molecule has 8 heteroatoms. The van der Waals surface area contributed by atoms with Gasteiger partial charge in [-0.2, -0.15) is 0 Å². The van der Waals surface area contributed by atoms with Crippen LogP contribution in [0.1, 0.15) is 41.5 Å². The zero-order chi connectivity index (χ0) is 15.6. The van der Waals surface area contributed by atoms with E-state index in [4.69, 9.17) is 5.11 Å². The molecule has 1 N–H and O–H groups in total. The van der Waals surface area contributed by atoms with Gasteiger partial charge in [0.15, 0.2) is 5.69 Å². The number of carboxylic acid groups (broad SMARTS) is 1. The predicted molar refractivity (Wildman–Crippen MR) is 73.3 cm³/mol. The van der Waals surface area contributed by atoms with Gasteiger partial charge in [0.25, 0.3) is 5.69 Å². The number of hydrogen-bond donors (Lipinski definition) is 1. The molecule has 0 aliphatic heterocycles. The molecular formula is C13H14N4O4. The Balaban J connectivity index is 2.38. The molecule has 0 amide bonds. The molecule has 110 valence electrons. The van der Waals surface area contributed by atoms with Crippen molar-refractivity contribution < 1.29 is 14.8 Å². The standard InChI is InChI=1S/C13H14N4O4/c1-8(2)12-11(13(18)19)14-15-16(12)7-9-4-3-5-10(6-9)17(20)21/h3-6,8H,7H2,1-2H3,(H,18,19). The number of nitrogens with zero attached hydrogens (tertiary/aromatic N) is 4. The lowest BCUT2D eigenvalue weighted by Crippen LogP contribution is -2.11. The minimum Gasteiger partial charge on any atom is -0.476 e. The third kappa shape index (κ3) is 3.04. The highest BCUT2D eigenvalue weighted by molar-refractivity contribution is 5.86. The van der Waals surface area contributed by atoms with Crippen molar-refractivity contribution >= 4 is 11.7 Å². The van der Waals surface area contributed by atoms with E-state index in [9.17, 15) is 14.9 Å². The second-order valence-electron chi connectivity index (χ2n) is 4.87. The number of carbonyl (C=O) groups is 1. The highest BCUT2D eigenvalue weighted by Gasteiger charge is 2.21. The minimum atomic E-state index is -1.14. The topological polar surface area (TPSA) is 111 Å². The zero-order valence-electron chi connectivity index (χ0n) is 11.6. The first-order chi connectivity index (χ1) is 9.90. The van der Waals surface area contributed by atoms with Gasteiger partial charge in [-0.25, -0.2) is 9.48 Å². The largest absolute Gasteiger partial charge is 0.476 e. The lowest BCUT2D eigenvalue weighted by atomic mass is 10.1. The van der Waals surface area contributed by atoms with Crippen molar-refractivity contribution in [2.24, 2.45) is 0 Å². The molecule has 1 aromatic carbocycles. The van der Waals surface area contributed by atoms with Crippen molar-refractivity contribution in [2.75, 3.05) is 0 Å². The molecule has 1 heterocycles. The summed E-state index contributed by atoms with van der Waals surface area (Å²) in [7, 11) is 0. The minimum absolute atomic E-state index is 0.0165. The van der Waals surface area contributed by atoms with Gasteiger partial charge in [-0.1, -0.05) is 31.2 Å². The Labute approximate surface area is 120 Å². The van der Waals surface area contributed by atoms with Gasteiger partial charge < -0.3 is 5.11 Å². The van der Waals surface area contributed by atoms with Crippen LogP contribution in [0.3, 0.4) is 0 Å². The molecule has 0 unspecified atom stereocenters. The fourth-order valence-corrected chi connectivity index (χ4v) is 2.10. The molecule has 0 aliphatic rings. The van der Waals surface area contributed by atoms with E-state index in [0.717, 1.165) is 0 Å². The fourth-order valence-electron chi connectivity index (χ4n) is 2.10. The summed E-state index contributed by atoms with van der Waals surface area (Å²) in [6, 6.07) is 6.14. The molecule has 0 saturated carbocycles. The Hall–Kier alpha value is -2.77. The molecule has 2 aromatic rings. The number of aromatic nitrogens is 3. The summed E-state index contributed by atoms with van der Waals surface area (Å²) in [6.07, 6.45) is 0. The van der Waals surface area contributed by atoms with Gasteiger partial charge in [0, 0.05) is 12.1 Å². The van der Waals surface area contributed by atoms with E-state index in [1.54, 1.807) is 12.1 Å². The summed E-state index contributed by atoms with van der Waals surface area (Å²) in [5.74, 6) is -1.21. The lowest BCUT2D eigenvalue weighted by molar-refractivity contribution is -0.384. The van der Waals surface area contributed by atoms with Crippen LogP contribution in [0.4, 0.5) is 5.69 Å². The van der Waals surface area contributed by atoms with Crippen LogP contribution in [0.25, 0.3) is 0 Å². The molecule has 1 aromatic heterocycles. The third-order valence-electron chi connectivity index (χ3n) is 2.98. The van der Waals surface area contributed by atoms with Crippen LogP contribution in [0.15, 0.2) is 24.3 Å². The number of nitro groups is 1. The van der Waals surface area contributed by atoms with Crippen LogP contribution in [0.2, 0.25) is 0 Å². The summed E-state index contributed by atoms with van der Waals surface area (Å²) in [5.41, 5.74) is 1.05. The Morgan fingerprint density at radius 3 is 2.76 bits per heavy atom. The first kappa shape index (κ1) is 14.6. The number of nitro benzene ring substituents is 1. The van der Waals surface area contributed by atoms with E-state index in [1.165, 1.54) is 16.8 Å². The molecule has 0 saturated heterocycles. The van der Waals surface area contributed by atoms with Crippen molar-refractivity contribution in [2.45, 2.75) is 26.3 Å². The van der Waals surface area contributed by atoms with Crippen LogP contribution in [-0.2, 0) is 6.54 Å². The van der Waals surface area contributed by atoms with Gasteiger partial charge in [0.05, 0.1) is 17.2 Å². The van der Waals surface area contributed by atoms with Crippen molar-refractivity contribution in [1.29, 1.82) is 0 Å². The first-order valence-electron chi connectivity index (χ1n) is 6.30. The number of rotatable bonds is 5. The van der Waals surface area contributed by atoms with Crippen molar-refractivity contribution in [3.05, 3.63) is 51.3 Å². The van der Waals surface area contributed by atoms with Crippen LogP contribution in [0.5, 0.6) is 0 Å².